The lowest BCUT2D eigenvalue weighted by Crippen LogP contribution is -2.19. The minimum atomic E-state index is -0.557. The first-order chi connectivity index (χ1) is 8.04. The zero-order chi connectivity index (χ0) is 12.6. The van der Waals surface area contributed by atoms with Crippen LogP contribution in [0, 0.1) is 0 Å². The third-order valence-corrected chi connectivity index (χ3v) is 2.89. The van der Waals surface area contributed by atoms with Crippen molar-refractivity contribution in [2.75, 3.05) is 12.8 Å². The van der Waals surface area contributed by atoms with Crippen molar-refractivity contribution in [1.82, 2.24) is 14.5 Å². The summed E-state index contributed by atoms with van der Waals surface area (Å²) in [5.41, 5.74) is 6.98. The van der Waals surface area contributed by atoms with Crippen LogP contribution in [0.5, 0.6) is 0 Å². The number of pyridine rings is 1. The molecule has 0 aliphatic rings. The smallest absolute Gasteiger partial charge is 0.328 e. The lowest BCUT2D eigenvalue weighted by atomic mass is 10.3. The van der Waals surface area contributed by atoms with E-state index >= 15 is 0 Å². The molecule has 6 nitrogen and oxygen atoms in total. The third kappa shape index (κ3) is 1.97. The molecule has 0 aliphatic carbocycles. The summed E-state index contributed by atoms with van der Waals surface area (Å²) < 4.78 is 7.04. The van der Waals surface area contributed by atoms with Gasteiger partial charge in [-0.3, -0.25) is 4.57 Å². The van der Waals surface area contributed by atoms with Crippen LogP contribution >= 0.6 is 15.9 Å². The van der Waals surface area contributed by atoms with Gasteiger partial charge in [0.2, 0.25) is 5.95 Å². The Labute approximate surface area is 106 Å². The molecule has 2 aromatic rings. The standard InChI is InChI=1S/C10H11BrN4O2/c1-5(9(16)17-2)15-8-7(14-10(15)12)3-6(11)4-13-8/h3-5H,1-2H3,(H2,12,14). The van der Waals surface area contributed by atoms with E-state index in [4.69, 9.17) is 5.73 Å². The molecule has 2 N–H and O–H groups in total. The second kappa shape index (κ2) is 4.33. The maximum atomic E-state index is 11.5. The number of hydrogen-bond donors (Lipinski definition) is 1. The largest absolute Gasteiger partial charge is 0.467 e. The van der Waals surface area contributed by atoms with E-state index in [1.807, 2.05) is 0 Å². The molecule has 17 heavy (non-hydrogen) atoms. The third-order valence-electron chi connectivity index (χ3n) is 2.45. The number of anilines is 1. The van der Waals surface area contributed by atoms with Crippen molar-refractivity contribution in [3.05, 3.63) is 16.7 Å². The van der Waals surface area contributed by atoms with Crippen LogP contribution in [0.3, 0.4) is 0 Å². The van der Waals surface area contributed by atoms with E-state index in [2.05, 4.69) is 30.6 Å². The number of carbonyl (C=O) groups is 1. The number of nitrogen functional groups attached to an aromatic ring is 1. The van der Waals surface area contributed by atoms with Crippen molar-refractivity contribution >= 4 is 39.0 Å². The molecule has 1 atom stereocenters. The highest BCUT2D eigenvalue weighted by Gasteiger charge is 2.21. The van der Waals surface area contributed by atoms with Crippen LogP contribution in [0.15, 0.2) is 16.7 Å². The molecule has 0 amide bonds. The average Bonchev–Trinajstić information content (AvgIpc) is 2.62. The summed E-state index contributed by atoms with van der Waals surface area (Å²) >= 11 is 3.30. The van der Waals surface area contributed by atoms with Crippen LogP contribution in [0.25, 0.3) is 11.2 Å². The number of fused-ring (bicyclic) bond motifs is 1. The summed E-state index contributed by atoms with van der Waals surface area (Å²) in [6.45, 7) is 1.69. The van der Waals surface area contributed by atoms with E-state index in [-0.39, 0.29) is 11.9 Å². The Morgan fingerprint density at radius 3 is 3.00 bits per heavy atom. The number of rotatable bonds is 2. The van der Waals surface area contributed by atoms with Gasteiger partial charge >= 0.3 is 5.97 Å². The predicted molar refractivity (Wildman–Crippen MR) is 66.4 cm³/mol. The normalized spacial score (nSPS) is 12.6. The summed E-state index contributed by atoms with van der Waals surface area (Å²) in [6.07, 6.45) is 1.63. The van der Waals surface area contributed by atoms with E-state index in [1.165, 1.54) is 7.11 Å². The van der Waals surface area contributed by atoms with Crippen LogP contribution in [0.1, 0.15) is 13.0 Å². The van der Waals surface area contributed by atoms with Crippen LogP contribution in [0.2, 0.25) is 0 Å². The van der Waals surface area contributed by atoms with Gasteiger partial charge in [-0.05, 0) is 28.9 Å². The fourth-order valence-corrected chi connectivity index (χ4v) is 1.95. The van der Waals surface area contributed by atoms with E-state index in [9.17, 15) is 4.79 Å². The van der Waals surface area contributed by atoms with Gasteiger partial charge in [0.25, 0.3) is 0 Å². The van der Waals surface area contributed by atoms with Crippen LogP contribution < -0.4 is 5.73 Å². The number of halogens is 1. The van der Waals surface area contributed by atoms with Gasteiger partial charge in [0, 0.05) is 10.7 Å². The number of nitrogens with two attached hydrogens (primary N) is 1. The maximum Gasteiger partial charge on any atom is 0.328 e. The molecular weight excluding hydrogens is 288 g/mol. The number of hydrogen-bond acceptors (Lipinski definition) is 5. The Morgan fingerprint density at radius 2 is 2.35 bits per heavy atom. The molecule has 2 aromatic heterocycles. The minimum Gasteiger partial charge on any atom is -0.467 e. The number of aromatic nitrogens is 3. The van der Waals surface area contributed by atoms with Crippen molar-refractivity contribution in [1.29, 1.82) is 0 Å². The van der Waals surface area contributed by atoms with Gasteiger partial charge in [0.05, 0.1) is 7.11 Å². The van der Waals surface area contributed by atoms with Crippen molar-refractivity contribution in [2.45, 2.75) is 13.0 Å². The molecule has 0 bridgehead atoms. The number of carbonyl (C=O) groups excluding carboxylic acids is 1. The van der Waals surface area contributed by atoms with E-state index in [1.54, 1.807) is 23.8 Å². The summed E-state index contributed by atoms with van der Waals surface area (Å²) in [7, 11) is 1.33. The molecule has 0 radical (unpaired) electrons. The predicted octanol–water partition coefficient (Wildman–Crippen LogP) is 1.51. The molecule has 1 unspecified atom stereocenters. The topological polar surface area (TPSA) is 83.0 Å². The van der Waals surface area contributed by atoms with Crippen molar-refractivity contribution in [2.24, 2.45) is 0 Å². The summed E-state index contributed by atoms with van der Waals surface area (Å²) in [5, 5.41) is 0. The molecule has 2 heterocycles. The first-order valence-corrected chi connectivity index (χ1v) is 5.70. The highest BCUT2D eigenvalue weighted by molar-refractivity contribution is 9.10. The number of methoxy groups -OCH3 is 1. The zero-order valence-corrected chi connectivity index (χ0v) is 10.9. The highest BCUT2D eigenvalue weighted by atomic mass is 79.9. The maximum absolute atomic E-state index is 11.5. The second-order valence-electron chi connectivity index (χ2n) is 3.54. The molecule has 7 heteroatoms. The fourth-order valence-electron chi connectivity index (χ4n) is 1.63. The van der Waals surface area contributed by atoms with Gasteiger partial charge in [-0.2, -0.15) is 0 Å². The van der Waals surface area contributed by atoms with E-state index in [0.717, 1.165) is 4.47 Å². The van der Waals surface area contributed by atoms with E-state index < -0.39 is 6.04 Å². The molecule has 0 aromatic carbocycles. The SMILES string of the molecule is COC(=O)C(C)n1c(N)nc2cc(Br)cnc21. The Bertz CT molecular complexity index is 581. The molecule has 0 fully saturated rings. The lowest BCUT2D eigenvalue weighted by molar-refractivity contribution is -0.143. The summed E-state index contributed by atoms with van der Waals surface area (Å²) in [6, 6.07) is 1.23. The van der Waals surface area contributed by atoms with Gasteiger partial charge in [-0.25, -0.2) is 14.8 Å². The van der Waals surface area contributed by atoms with Gasteiger partial charge in [-0.1, -0.05) is 0 Å². The van der Waals surface area contributed by atoms with Gasteiger partial charge in [0.1, 0.15) is 11.6 Å². The average molecular weight is 299 g/mol. The monoisotopic (exact) mass is 298 g/mol. The van der Waals surface area contributed by atoms with Crippen LogP contribution in [-0.2, 0) is 9.53 Å². The molecule has 2 rings (SSSR count). The number of esters is 1. The molecular formula is C10H11BrN4O2. The Hall–Kier alpha value is -1.63. The number of nitrogens with zero attached hydrogens (tertiary/aromatic N) is 3. The Kier molecular flexibility index (Phi) is 3.01. The van der Waals surface area contributed by atoms with Crippen molar-refractivity contribution in [3.63, 3.8) is 0 Å². The highest BCUT2D eigenvalue weighted by Crippen LogP contribution is 2.23. The van der Waals surface area contributed by atoms with Gasteiger partial charge < -0.3 is 10.5 Å². The van der Waals surface area contributed by atoms with Crippen molar-refractivity contribution in [3.8, 4) is 0 Å². The summed E-state index contributed by atoms with van der Waals surface area (Å²) in [5.74, 6) is -0.149. The first-order valence-electron chi connectivity index (χ1n) is 4.91. The molecule has 0 aliphatic heterocycles. The number of imidazole rings is 1. The van der Waals surface area contributed by atoms with Gasteiger partial charge in [0.15, 0.2) is 5.65 Å². The molecule has 0 saturated carbocycles. The van der Waals surface area contributed by atoms with Gasteiger partial charge in [-0.15, -0.1) is 0 Å². The zero-order valence-electron chi connectivity index (χ0n) is 9.35. The minimum absolute atomic E-state index is 0.239. The van der Waals surface area contributed by atoms with Crippen molar-refractivity contribution < 1.29 is 9.53 Å². The lowest BCUT2D eigenvalue weighted by Gasteiger charge is -2.12. The molecule has 90 valence electrons. The first kappa shape index (κ1) is 11.8. The van der Waals surface area contributed by atoms with Crippen LogP contribution in [0.4, 0.5) is 5.95 Å². The fraction of sp³-hybridized carbons (Fsp3) is 0.300. The second-order valence-corrected chi connectivity index (χ2v) is 4.45. The Balaban J connectivity index is 2.61. The Morgan fingerprint density at radius 1 is 1.65 bits per heavy atom. The van der Waals surface area contributed by atoms with Crippen LogP contribution in [-0.4, -0.2) is 27.6 Å². The number of ether oxygens (including phenoxy) is 1. The quantitative estimate of drug-likeness (QED) is 0.850. The molecule has 0 spiro atoms. The molecule has 0 saturated heterocycles. The summed E-state index contributed by atoms with van der Waals surface area (Å²) in [4.78, 5) is 19.9. The van der Waals surface area contributed by atoms with E-state index in [0.29, 0.717) is 11.2 Å².